The number of anilines is 1. The molecule has 7 nitrogen and oxygen atoms in total. The van der Waals surface area contributed by atoms with Crippen LogP contribution in [0.4, 0.5) is 10.1 Å². The van der Waals surface area contributed by atoms with Crippen LogP contribution in [-0.4, -0.2) is 50.2 Å². The van der Waals surface area contributed by atoms with Gasteiger partial charge in [-0.25, -0.2) is 9.37 Å². The minimum atomic E-state index is -0.263. The summed E-state index contributed by atoms with van der Waals surface area (Å²) in [5.74, 6) is 1.02. The highest BCUT2D eigenvalue weighted by Gasteiger charge is 2.23. The minimum Gasteiger partial charge on any atom is -0.342 e. The van der Waals surface area contributed by atoms with Crippen LogP contribution in [0.15, 0.2) is 24.4 Å². The quantitative estimate of drug-likeness (QED) is 0.709. The number of nitrogens with zero attached hydrogens (tertiary/aromatic N) is 4. The van der Waals surface area contributed by atoms with Crippen molar-refractivity contribution in [1.29, 1.82) is 0 Å². The number of likely N-dealkylation sites (tertiary alicyclic amines) is 1. The molecule has 8 heteroatoms. The maximum absolute atomic E-state index is 13.4. The number of aromatic nitrogens is 4. The zero-order chi connectivity index (χ0) is 19.7. The molecule has 1 aromatic carbocycles. The lowest BCUT2D eigenvalue weighted by molar-refractivity contribution is -0.117. The molecule has 28 heavy (non-hydrogen) atoms. The summed E-state index contributed by atoms with van der Waals surface area (Å²) >= 11 is 0. The van der Waals surface area contributed by atoms with Crippen LogP contribution in [-0.2, 0) is 18.3 Å². The number of benzene rings is 1. The van der Waals surface area contributed by atoms with Gasteiger partial charge < -0.3 is 10.3 Å². The van der Waals surface area contributed by atoms with Crippen LogP contribution in [0.2, 0.25) is 0 Å². The van der Waals surface area contributed by atoms with E-state index in [1.807, 2.05) is 14.0 Å². The van der Waals surface area contributed by atoms with Gasteiger partial charge in [-0.2, -0.15) is 5.10 Å². The molecule has 0 aliphatic carbocycles. The predicted molar refractivity (Wildman–Crippen MR) is 105 cm³/mol. The normalized spacial score (nSPS) is 17.9. The van der Waals surface area contributed by atoms with Crippen molar-refractivity contribution >= 4 is 22.6 Å². The Labute approximate surface area is 162 Å². The molecular formula is C20H25FN6O. The number of imidazole rings is 1. The molecule has 1 aliphatic heterocycles. The first-order chi connectivity index (χ1) is 13.5. The third-order valence-corrected chi connectivity index (χ3v) is 5.45. The molecule has 0 spiro atoms. The number of halogens is 1. The molecule has 1 aliphatic rings. The van der Waals surface area contributed by atoms with Gasteiger partial charge in [-0.3, -0.25) is 14.4 Å². The lowest BCUT2D eigenvalue weighted by Gasteiger charge is -2.31. The number of fused-ring (bicyclic) bond motifs is 1. The topological polar surface area (TPSA) is 78.8 Å². The van der Waals surface area contributed by atoms with Crippen molar-refractivity contribution in [2.45, 2.75) is 26.2 Å². The molecule has 0 radical (unpaired) electrons. The summed E-state index contributed by atoms with van der Waals surface area (Å²) in [7, 11) is 1.85. The number of hydrogen-bond acceptors (Lipinski definition) is 4. The molecule has 1 saturated heterocycles. The summed E-state index contributed by atoms with van der Waals surface area (Å²) in [4.78, 5) is 22.4. The van der Waals surface area contributed by atoms with Gasteiger partial charge >= 0.3 is 0 Å². The highest BCUT2D eigenvalue weighted by molar-refractivity contribution is 5.92. The molecule has 0 saturated carbocycles. The van der Waals surface area contributed by atoms with Gasteiger partial charge in [0.2, 0.25) is 5.91 Å². The van der Waals surface area contributed by atoms with Gasteiger partial charge in [0, 0.05) is 20.0 Å². The Morgan fingerprint density at radius 3 is 3.07 bits per heavy atom. The first-order valence-electron chi connectivity index (χ1n) is 9.63. The Morgan fingerprint density at radius 2 is 2.29 bits per heavy atom. The average molecular weight is 384 g/mol. The largest absolute Gasteiger partial charge is 0.342 e. The second-order valence-corrected chi connectivity index (χ2v) is 7.61. The van der Waals surface area contributed by atoms with Crippen LogP contribution in [0.1, 0.15) is 24.4 Å². The van der Waals surface area contributed by atoms with Gasteiger partial charge in [0.05, 0.1) is 35.2 Å². The van der Waals surface area contributed by atoms with E-state index in [1.54, 1.807) is 16.9 Å². The van der Waals surface area contributed by atoms with Crippen molar-refractivity contribution in [2.75, 3.05) is 25.0 Å². The fraction of sp³-hybridized carbons (Fsp3) is 0.450. The minimum absolute atomic E-state index is 0.0176. The lowest BCUT2D eigenvalue weighted by Crippen LogP contribution is -2.41. The fourth-order valence-corrected chi connectivity index (χ4v) is 3.88. The summed E-state index contributed by atoms with van der Waals surface area (Å²) in [6.07, 6.45) is 4.64. The van der Waals surface area contributed by atoms with Gasteiger partial charge in [-0.1, -0.05) is 0 Å². The highest BCUT2D eigenvalue weighted by Crippen LogP contribution is 2.22. The summed E-state index contributed by atoms with van der Waals surface area (Å²) < 4.78 is 15.1. The average Bonchev–Trinajstić information content (AvgIpc) is 3.19. The number of rotatable bonds is 5. The first kappa shape index (κ1) is 18.6. The van der Waals surface area contributed by atoms with Gasteiger partial charge in [0.25, 0.3) is 0 Å². The van der Waals surface area contributed by atoms with Crippen molar-refractivity contribution in [2.24, 2.45) is 13.0 Å². The van der Waals surface area contributed by atoms with Crippen LogP contribution in [0.5, 0.6) is 0 Å². The van der Waals surface area contributed by atoms with Crippen LogP contribution < -0.4 is 5.32 Å². The highest BCUT2D eigenvalue weighted by atomic mass is 19.1. The number of H-pyrrole nitrogens is 1. The van der Waals surface area contributed by atoms with Crippen LogP contribution in [0, 0.1) is 18.7 Å². The van der Waals surface area contributed by atoms with Crippen molar-refractivity contribution < 1.29 is 9.18 Å². The summed E-state index contributed by atoms with van der Waals surface area (Å²) in [6.45, 7) is 4.07. The van der Waals surface area contributed by atoms with Crippen molar-refractivity contribution in [3.05, 3.63) is 41.7 Å². The third-order valence-electron chi connectivity index (χ3n) is 5.45. The number of hydrogen-bond donors (Lipinski definition) is 2. The predicted octanol–water partition coefficient (Wildman–Crippen LogP) is 2.64. The van der Waals surface area contributed by atoms with Crippen molar-refractivity contribution in [1.82, 2.24) is 24.6 Å². The van der Waals surface area contributed by atoms with Gasteiger partial charge in [-0.05, 0) is 50.4 Å². The first-order valence-corrected chi connectivity index (χ1v) is 9.63. The van der Waals surface area contributed by atoms with E-state index >= 15 is 0 Å². The van der Waals surface area contributed by atoms with E-state index in [0.717, 1.165) is 60.6 Å². The van der Waals surface area contributed by atoms with Crippen LogP contribution >= 0.6 is 0 Å². The van der Waals surface area contributed by atoms with Crippen LogP contribution in [0.3, 0.4) is 0 Å². The summed E-state index contributed by atoms with van der Waals surface area (Å²) in [6, 6.07) is 4.60. The molecule has 4 rings (SSSR count). The van der Waals surface area contributed by atoms with E-state index in [-0.39, 0.29) is 11.7 Å². The molecule has 3 heterocycles. The van der Waals surface area contributed by atoms with Gasteiger partial charge in [-0.15, -0.1) is 0 Å². The second kappa shape index (κ2) is 7.71. The van der Waals surface area contributed by atoms with Crippen molar-refractivity contribution in [3.8, 4) is 0 Å². The van der Waals surface area contributed by atoms with E-state index in [9.17, 15) is 9.18 Å². The Morgan fingerprint density at radius 1 is 1.43 bits per heavy atom. The molecule has 1 amide bonds. The molecular weight excluding hydrogens is 359 g/mol. The molecule has 0 bridgehead atoms. The molecule has 148 valence electrons. The second-order valence-electron chi connectivity index (χ2n) is 7.61. The lowest BCUT2D eigenvalue weighted by atomic mass is 9.94. The monoisotopic (exact) mass is 384 g/mol. The SMILES string of the molecule is Cc1c(NC(=O)CN2CCC[C@H](Cc3nc4ccc(F)cc4[nH]3)C2)cnn1C. The zero-order valence-corrected chi connectivity index (χ0v) is 16.2. The van der Waals surface area contributed by atoms with E-state index in [0.29, 0.717) is 12.5 Å². The van der Waals surface area contributed by atoms with Crippen LogP contribution in [0.25, 0.3) is 11.0 Å². The number of aryl methyl sites for hydroxylation is 1. The maximum atomic E-state index is 13.4. The summed E-state index contributed by atoms with van der Waals surface area (Å²) in [5, 5.41) is 7.10. The Balaban J connectivity index is 1.34. The standard InChI is InChI=1S/C20H25FN6O/c1-13-18(10-22-26(13)2)25-20(28)12-27-7-3-4-14(11-27)8-19-23-16-6-5-15(21)9-17(16)24-19/h5-6,9-10,14H,3-4,7-8,11-12H2,1-2H3,(H,23,24)(H,25,28)/t14-/m1/s1. The number of amides is 1. The fourth-order valence-electron chi connectivity index (χ4n) is 3.88. The Bertz CT molecular complexity index is 994. The molecule has 1 atom stereocenters. The van der Waals surface area contributed by atoms with E-state index in [4.69, 9.17) is 0 Å². The number of carbonyl (C=O) groups excluding carboxylic acids is 1. The number of piperidine rings is 1. The molecule has 0 unspecified atom stereocenters. The Hall–Kier alpha value is -2.74. The smallest absolute Gasteiger partial charge is 0.238 e. The molecule has 3 aromatic rings. The maximum Gasteiger partial charge on any atom is 0.238 e. The number of carbonyl (C=O) groups is 1. The van der Waals surface area contributed by atoms with E-state index < -0.39 is 0 Å². The number of nitrogens with one attached hydrogen (secondary N) is 2. The number of aromatic amines is 1. The molecule has 1 fully saturated rings. The van der Waals surface area contributed by atoms with E-state index in [1.165, 1.54) is 12.1 Å². The van der Waals surface area contributed by atoms with Gasteiger partial charge in [0.15, 0.2) is 0 Å². The van der Waals surface area contributed by atoms with Crippen molar-refractivity contribution in [3.63, 3.8) is 0 Å². The Kier molecular flexibility index (Phi) is 5.13. The molecule has 2 N–H and O–H groups in total. The summed E-state index contributed by atoms with van der Waals surface area (Å²) in [5.41, 5.74) is 3.21. The van der Waals surface area contributed by atoms with Gasteiger partial charge in [0.1, 0.15) is 11.6 Å². The molecule has 2 aromatic heterocycles. The third kappa shape index (κ3) is 4.06. The van der Waals surface area contributed by atoms with E-state index in [2.05, 4.69) is 25.3 Å². The zero-order valence-electron chi connectivity index (χ0n) is 16.2.